The monoisotopic (exact) mass is 281 g/mol. The average Bonchev–Trinajstić information content (AvgIpc) is 2.39. The van der Waals surface area contributed by atoms with Crippen molar-refractivity contribution in [1.82, 2.24) is 4.90 Å². The number of carbonyl (C=O) groups excluding carboxylic acids is 1. The Hall–Kier alpha value is -1.06. The topological polar surface area (TPSA) is 57.6 Å². The van der Waals surface area contributed by atoms with Gasteiger partial charge in [0, 0.05) is 18.5 Å². The number of carbonyl (C=O) groups is 2. The second-order valence-corrected chi connectivity index (χ2v) is 6.75. The first-order valence-corrected chi connectivity index (χ1v) is 8.01. The van der Waals surface area contributed by atoms with Gasteiger partial charge in [-0.2, -0.15) is 0 Å². The molecular weight excluding hydrogens is 254 g/mol. The van der Waals surface area contributed by atoms with Gasteiger partial charge < -0.3 is 10.0 Å². The summed E-state index contributed by atoms with van der Waals surface area (Å²) >= 11 is 0. The highest BCUT2D eigenvalue weighted by Crippen LogP contribution is 2.40. The third kappa shape index (κ3) is 2.99. The molecule has 4 heteroatoms. The minimum absolute atomic E-state index is 0.0500. The zero-order chi connectivity index (χ0) is 14.8. The summed E-state index contributed by atoms with van der Waals surface area (Å²) in [6, 6.07) is 0.501. The summed E-state index contributed by atoms with van der Waals surface area (Å²) in [5.74, 6) is -0.725. The number of nitrogens with zero attached hydrogens (tertiary/aromatic N) is 1. The molecule has 0 radical (unpaired) electrons. The van der Waals surface area contributed by atoms with Crippen LogP contribution in [0.1, 0.15) is 71.6 Å². The van der Waals surface area contributed by atoms with Crippen LogP contribution in [0.3, 0.4) is 0 Å². The molecule has 2 aliphatic rings. The lowest BCUT2D eigenvalue weighted by molar-refractivity contribution is -0.157. The molecule has 1 heterocycles. The molecule has 0 bridgehead atoms. The largest absolute Gasteiger partial charge is 0.481 e. The average molecular weight is 281 g/mol. The summed E-state index contributed by atoms with van der Waals surface area (Å²) in [6.07, 6.45) is 7.71. The van der Waals surface area contributed by atoms with Gasteiger partial charge in [0.25, 0.3) is 0 Å². The van der Waals surface area contributed by atoms with Crippen LogP contribution in [0.4, 0.5) is 0 Å². The van der Waals surface area contributed by atoms with E-state index in [9.17, 15) is 14.7 Å². The highest BCUT2D eigenvalue weighted by molar-refractivity contribution is 5.85. The Balaban J connectivity index is 2.09. The summed E-state index contributed by atoms with van der Waals surface area (Å²) in [4.78, 5) is 26.3. The van der Waals surface area contributed by atoms with E-state index in [0.717, 1.165) is 38.5 Å². The van der Waals surface area contributed by atoms with Gasteiger partial charge >= 0.3 is 5.97 Å². The summed E-state index contributed by atoms with van der Waals surface area (Å²) in [7, 11) is 0. The van der Waals surface area contributed by atoms with Crippen LogP contribution in [0, 0.1) is 5.41 Å². The lowest BCUT2D eigenvalue weighted by Crippen LogP contribution is -2.50. The molecule has 1 aliphatic heterocycles. The van der Waals surface area contributed by atoms with Crippen LogP contribution in [0.5, 0.6) is 0 Å². The maximum atomic E-state index is 12.7. The Morgan fingerprint density at radius 2 is 1.60 bits per heavy atom. The number of likely N-dealkylation sites (tertiary alicyclic amines) is 1. The van der Waals surface area contributed by atoms with Crippen molar-refractivity contribution >= 4 is 11.9 Å². The molecule has 0 spiro atoms. The van der Waals surface area contributed by atoms with E-state index in [1.54, 1.807) is 0 Å². The predicted octanol–water partition coefficient (Wildman–Crippen LogP) is 3.20. The summed E-state index contributed by atoms with van der Waals surface area (Å²) in [6.45, 7) is 4.17. The van der Waals surface area contributed by atoms with Crippen LogP contribution < -0.4 is 0 Å². The van der Waals surface area contributed by atoms with E-state index in [1.165, 1.54) is 0 Å². The molecule has 0 aromatic carbocycles. The van der Waals surface area contributed by atoms with Gasteiger partial charge in [-0.15, -0.1) is 0 Å². The van der Waals surface area contributed by atoms with Gasteiger partial charge in [-0.05, 0) is 46.0 Å². The number of carboxylic acids is 1. The van der Waals surface area contributed by atoms with E-state index in [0.29, 0.717) is 12.8 Å². The number of piperidine rings is 1. The highest BCUT2D eigenvalue weighted by Gasteiger charge is 2.43. The van der Waals surface area contributed by atoms with Gasteiger partial charge in [0.15, 0.2) is 0 Å². The molecule has 1 amide bonds. The van der Waals surface area contributed by atoms with Gasteiger partial charge in [0.05, 0.1) is 5.41 Å². The van der Waals surface area contributed by atoms with Crippen molar-refractivity contribution in [2.24, 2.45) is 5.41 Å². The molecular formula is C16H27NO3. The van der Waals surface area contributed by atoms with E-state index in [1.807, 2.05) is 4.90 Å². The Kier molecular flexibility index (Phi) is 4.71. The summed E-state index contributed by atoms with van der Waals surface area (Å²) in [5.41, 5.74) is -0.799. The van der Waals surface area contributed by atoms with E-state index >= 15 is 0 Å². The zero-order valence-electron chi connectivity index (χ0n) is 12.7. The lowest BCUT2D eigenvalue weighted by atomic mass is 9.71. The fourth-order valence-electron chi connectivity index (χ4n) is 3.99. The first-order chi connectivity index (χ1) is 9.46. The molecule has 2 unspecified atom stereocenters. The normalized spacial score (nSPS) is 30.0. The third-order valence-electron chi connectivity index (χ3n) is 5.24. The first kappa shape index (κ1) is 15.3. The molecule has 1 aliphatic carbocycles. The Bertz CT molecular complexity index is 364. The van der Waals surface area contributed by atoms with Gasteiger partial charge in [-0.1, -0.05) is 19.3 Å². The molecule has 0 aromatic rings. The summed E-state index contributed by atoms with van der Waals surface area (Å²) < 4.78 is 0. The molecule has 1 saturated heterocycles. The molecule has 114 valence electrons. The van der Waals surface area contributed by atoms with Crippen molar-refractivity contribution in [3.8, 4) is 0 Å². The number of rotatable bonds is 3. The van der Waals surface area contributed by atoms with Crippen LogP contribution in [0.2, 0.25) is 0 Å². The molecule has 1 N–H and O–H groups in total. The smallest absolute Gasteiger partial charge is 0.310 e. The SMILES string of the molecule is CC1CCCC(C)N1C(=O)CC1(C(=O)O)CCCCC1. The van der Waals surface area contributed by atoms with Gasteiger partial charge in [0.2, 0.25) is 5.91 Å². The summed E-state index contributed by atoms with van der Waals surface area (Å²) in [5, 5.41) is 9.60. The van der Waals surface area contributed by atoms with Crippen molar-refractivity contribution < 1.29 is 14.7 Å². The van der Waals surface area contributed by atoms with Crippen LogP contribution in [-0.4, -0.2) is 34.0 Å². The Morgan fingerprint density at radius 1 is 1.05 bits per heavy atom. The van der Waals surface area contributed by atoms with Crippen LogP contribution >= 0.6 is 0 Å². The number of carboxylic acid groups (broad SMARTS) is 1. The predicted molar refractivity (Wildman–Crippen MR) is 77.4 cm³/mol. The van der Waals surface area contributed by atoms with Crippen molar-refractivity contribution in [3.63, 3.8) is 0 Å². The number of amides is 1. The number of hydrogen-bond donors (Lipinski definition) is 1. The highest BCUT2D eigenvalue weighted by atomic mass is 16.4. The van der Waals surface area contributed by atoms with E-state index in [-0.39, 0.29) is 24.4 Å². The molecule has 20 heavy (non-hydrogen) atoms. The maximum absolute atomic E-state index is 12.7. The first-order valence-electron chi connectivity index (χ1n) is 8.01. The van der Waals surface area contributed by atoms with Crippen molar-refractivity contribution in [1.29, 1.82) is 0 Å². The van der Waals surface area contributed by atoms with Crippen molar-refractivity contribution in [3.05, 3.63) is 0 Å². The molecule has 2 atom stereocenters. The second kappa shape index (κ2) is 6.15. The second-order valence-electron chi connectivity index (χ2n) is 6.75. The van der Waals surface area contributed by atoms with Crippen LogP contribution in [0.15, 0.2) is 0 Å². The van der Waals surface area contributed by atoms with Gasteiger partial charge in [0.1, 0.15) is 0 Å². The molecule has 0 aromatic heterocycles. The molecule has 2 rings (SSSR count). The molecule has 4 nitrogen and oxygen atoms in total. The molecule has 1 saturated carbocycles. The third-order valence-corrected chi connectivity index (χ3v) is 5.24. The quantitative estimate of drug-likeness (QED) is 0.864. The minimum Gasteiger partial charge on any atom is -0.481 e. The Morgan fingerprint density at radius 3 is 2.10 bits per heavy atom. The van der Waals surface area contributed by atoms with Crippen molar-refractivity contribution in [2.75, 3.05) is 0 Å². The van der Waals surface area contributed by atoms with Crippen LogP contribution in [0.25, 0.3) is 0 Å². The lowest BCUT2D eigenvalue weighted by Gasteiger charge is -2.41. The Labute approximate surface area is 121 Å². The van der Waals surface area contributed by atoms with Crippen LogP contribution in [-0.2, 0) is 9.59 Å². The fraction of sp³-hybridized carbons (Fsp3) is 0.875. The van der Waals surface area contributed by atoms with Gasteiger partial charge in [-0.25, -0.2) is 0 Å². The van der Waals surface area contributed by atoms with Gasteiger partial charge in [-0.3, -0.25) is 9.59 Å². The van der Waals surface area contributed by atoms with E-state index < -0.39 is 11.4 Å². The fourth-order valence-corrected chi connectivity index (χ4v) is 3.99. The van der Waals surface area contributed by atoms with E-state index in [4.69, 9.17) is 0 Å². The van der Waals surface area contributed by atoms with E-state index in [2.05, 4.69) is 13.8 Å². The zero-order valence-corrected chi connectivity index (χ0v) is 12.7. The van der Waals surface area contributed by atoms with Crippen molar-refractivity contribution in [2.45, 2.75) is 83.7 Å². The number of aliphatic carboxylic acids is 1. The maximum Gasteiger partial charge on any atom is 0.310 e. The molecule has 2 fully saturated rings. The standard InChI is InChI=1S/C16H27NO3/c1-12-7-6-8-13(2)17(12)14(18)11-16(15(19)20)9-4-3-5-10-16/h12-13H,3-11H2,1-2H3,(H,19,20). The number of hydrogen-bond acceptors (Lipinski definition) is 2. The minimum atomic E-state index is -0.799.